The van der Waals surface area contributed by atoms with Gasteiger partial charge in [-0.1, -0.05) is 11.6 Å². The summed E-state index contributed by atoms with van der Waals surface area (Å²) < 4.78 is 2.75. The molecule has 0 amide bonds. The maximum atomic E-state index is 9.01. The Kier molecular flexibility index (Phi) is 3.86. The van der Waals surface area contributed by atoms with E-state index in [1.54, 1.807) is 0 Å². The molecule has 17 heavy (non-hydrogen) atoms. The van der Waals surface area contributed by atoms with Crippen LogP contribution in [0.2, 0.25) is 5.02 Å². The van der Waals surface area contributed by atoms with Gasteiger partial charge in [0.15, 0.2) is 0 Å². The first-order chi connectivity index (χ1) is 8.13. The van der Waals surface area contributed by atoms with Crippen LogP contribution in [0.15, 0.2) is 28.9 Å². The van der Waals surface area contributed by atoms with Crippen molar-refractivity contribution in [2.75, 3.05) is 6.61 Å². The maximum absolute atomic E-state index is 9.01. The Morgan fingerprint density at radius 3 is 2.59 bits per heavy atom. The Labute approximate surface area is 113 Å². The number of aliphatic hydroxyl groups is 1. The molecule has 0 bridgehead atoms. The van der Waals surface area contributed by atoms with E-state index in [4.69, 9.17) is 16.7 Å². The molecule has 1 heterocycles. The third kappa shape index (κ3) is 2.54. The van der Waals surface area contributed by atoms with Gasteiger partial charge in [0.1, 0.15) is 10.4 Å². The van der Waals surface area contributed by atoms with Crippen molar-refractivity contribution in [3.05, 3.63) is 39.6 Å². The average Bonchev–Trinajstić information content (AvgIpc) is 2.59. The lowest BCUT2D eigenvalue weighted by molar-refractivity contribution is 0.296. The molecule has 0 radical (unpaired) electrons. The van der Waals surface area contributed by atoms with Gasteiger partial charge in [-0.2, -0.15) is 0 Å². The van der Waals surface area contributed by atoms with Gasteiger partial charge in [0.05, 0.1) is 5.69 Å². The minimum atomic E-state index is 0.109. The van der Waals surface area contributed by atoms with E-state index in [9.17, 15) is 0 Å². The highest BCUT2D eigenvalue weighted by Crippen LogP contribution is 2.26. The summed E-state index contributed by atoms with van der Waals surface area (Å²) in [6.45, 7) is 0.109. The van der Waals surface area contributed by atoms with Gasteiger partial charge in [-0.25, -0.2) is 4.98 Å². The molecule has 0 unspecified atom stereocenters. The van der Waals surface area contributed by atoms with Crippen LogP contribution in [0.3, 0.4) is 0 Å². The minimum absolute atomic E-state index is 0.109. The number of benzene rings is 1. The van der Waals surface area contributed by atoms with Crippen LogP contribution in [0.1, 0.15) is 5.69 Å². The molecule has 2 rings (SSSR count). The van der Waals surface area contributed by atoms with E-state index in [2.05, 4.69) is 20.9 Å². The largest absolute Gasteiger partial charge is 0.396 e. The van der Waals surface area contributed by atoms with Crippen molar-refractivity contribution in [3.63, 3.8) is 0 Å². The summed E-state index contributed by atoms with van der Waals surface area (Å²) in [6.07, 6.45) is 0.581. The van der Waals surface area contributed by atoms with Gasteiger partial charge in [-0.05, 0) is 40.2 Å². The smallest absolute Gasteiger partial charge is 0.141 e. The Bertz CT molecular complexity index is 522. The number of halogens is 2. The van der Waals surface area contributed by atoms with E-state index in [0.29, 0.717) is 11.4 Å². The van der Waals surface area contributed by atoms with Gasteiger partial charge in [-0.15, -0.1) is 0 Å². The summed E-state index contributed by atoms with van der Waals surface area (Å²) in [5, 5.41) is 9.71. The summed E-state index contributed by atoms with van der Waals surface area (Å²) in [4.78, 5) is 4.45. The monoisotopic (exact) mass is 314 g/mol. The number of aliphatic hydroxyl groups excluding tert-OH is 1. The molecule has 3 nitrogen and oxygen atoms in total. The van der Waals surface area contributed by atoms with Crippen LogP contribution < -0.4 is 0 Å². The number of hydrogen-bond acceptors (Lipinski definition) is 2. The fourth-order valence-corrected chi connectivity index (χ4v) is 2.49. The molecule has 5 heteroatoms. The number of aromatic nitrogens is 2. The van der Waals surface area contributed by atoms with Crippen LogP contribution >= 0.6 is 27.5 Å². The van der Waals surface area contributed by atoms with Crippen LogP contribution in [0.5, 0.6) is 0 Å². The summed E-state index contributed by atoms with van der Waals surface area (Å²) in [6, 6.07) is 7.54. The molecule has 0 aliphatic carbocycles. The van der Waals surface area contributed by atoms with E-state index in [0.717, 1.165) is 21.7 Å². The second-order valence-electron chi connectivity index (χ2n) is 3.71. The van der Waals surface area contributed by atoms with Crippen LogP contribution in [-0.4, -0.2) is 21.3 Å². The molecule has 1 aromatic heterocycles. The number of hydrogen-bond donors (Lipinski definition) is 1. The van der Waals surface area contributed by atoms with Gasteiger partial charge in [-0.3, -0.25) is 0 Å². The van der Waals surface area contributed by atoms with Crippen molar-refractivity contribution in [3.8, 4) is 11.4 Å². The molecular formula is C12H12BrClN2O. The molecule has 0 aliphatic heterocycles. The fraction of sp³-hybridized carbons (Fsp3) is 0.250. The Morgan fingerprint density at radius 2 is 2.00 bits per heavy atom. The first-order valence-corrected chi connectivity index (χ1v) is 6.38. The zero-order valence-corrected chi connectivity index (χ0v) is 11.7. The molecule has 1 aromatic carbocycles. The van der Waals surface area contributed by atoms with Gasteiger partial charge in [0.2, 0.25) is 0 Å². The molecule has 0 saturated carbocycles. The minimum Gasteiger partial charge on any atom is -0.396 e. The summed E-state index contributed by atoms with van der Waals surface area (Å²) in [7, 11) is 1.94. The van der Waals surface area contributed by atoms with Crippen molar-refractivity contribution in [2.45, 2.75) is 6.42 Å². The van der Waals surface area contributed by atoms with Gasteiger partial charge >= 0.3 is 0 Å². The molecule has 90 valence electrons. The topological polar surface area (TPSA) is 38.0 Å². The summed E-state index contributed by atoms with van der Waals surface area (Å²) in [5.41, 5.74) is 1.99. The molecule has 0 spiro atoms. The van der Waals surface area contributed by atoms with Crippen molar-refractivity contribution < 1.29 is 5.11 Å². The van der Waals surface area contributed by atoms with E-state index >= 15 is 0 Å². The lowest BCUT2D eigenvalue weighted by atomic mass is 10.2. The maximum Gasteiger partial charge on any atom is 0.141 e. The third-order valence-corrected chi connectivity index (χ3v) is 3.50. The van der Waals surface area contributed by atoms with Gasteiger partial charge < -0.3 is 9.67 Å². The Balaban J connectivity index is 2.46. The van der Waals surface area contributed by atoms with Crippen LogP contribution in [-0.2, 0) is 13.5 Å². The molecule has 0 saturated heterocycles. The molecular weight excluding hydrogens is 304 g/mol. The van der Waals surface area contributed by atoms with Crippen LogP contribution in [0.4, 0.5) is 0 Å². The Morgan fingerprint density at radius 1 is 1.35 bits per heavy atom. The lowest BCUT2D eigenvalue weighted by Gasteiger charge is -2.05. The highest BCUT2D eigenvalue weighted by molar-refractivity contribution is 9.10. The molecule has 0 fully saturated rings. The fourth-order valence-electron chi connectivity index (χ4n) is 1.73. The zero-order valence-electron chi connectivity index (χ0n) is 9.32. The quantitative estimate of drug-likeness (QED) is 0.945. The van der Waals surface area contributed by atoms with Gasteiger partial charge in [0.25, 0.3) is 0 Å². The Hall–Kier alpha value is -0.840. The van der Waals surface area contributed by atoms with Crippen molar-refractivity contribution in [1.82, 2.24) is 9.55 Å². The third-order valence-electron chi connectivity index (χ3n) is 2.62. The van der Waals surface area contributed by atoms with Crippen molar-refractivity contribution in [2.24, 2.45) is 7.05 Å². The predicted molar refractivity (Wildman–Crippen MR) is 72.1 cm³/mol. The average molecular weight is 316 g/mol. The van der Waals surface area contributed by atoms with Gasteiger partial charge in [0, 0.05) is 30.7 Å². The molecule has 2 aromatic rings. The summed E-state index contributed by atoms with van der Waals surface area (Å²) in [5.74, 6) is 0.858. The molecule has 1 N–H and O–H groups in total. The normalized spacial score (nSPS) is 10.8. The highest BCUT2D eigenvalue weighted by Gasteiger charge is 2.13. The SMILES string of the molecule is Cn1c(-c2ccc(Cl)cc2)nc(Br)c1CCO. The number of nitrogens with zero attached hydrogens (tertiary/aromatic N) is 2. The van der Waals surface area contributed by atoms with Crippen LogP contribution in [0.25, 0.3) is 11.4 Å². The predicted octanol–water partition coefficient (Wildman–Crippen LogP) is 3.04. The second-order valence-corrected chi connectivity index (χ2v) is 4.90. The van der Waals surface area contributed by atoms with E-state index in [1.807, 2.05) is 35.9 Å². The number of imidazole rings is 1. The van der Waals surface area contributed by atoms with Crippen LogP contribution in [0, 0.1) is 0 Å². The lowest BCUT2D eigenvalue weighted by Crippen LogP contribution is -2.01. The highest BCUT2D eigenvalue weighted by atomic mass is 79.9. The van der Waals surface area contributed by atoms with E-state index in [-0.39, 0.29) is 6.61 Å². The summed E-state index contributed by atoms with van der Waals surface area (Å²) >= 11 is 9.27. The zero-order chi connectivity index (χ0) is 12.4. The van der Waals surface area contributed by atoms with E-state index in [1.165, 1.54) is 0 Å². The number of rotatable bonds is 3. The molecule has 0 atom stereocenters. The van der Waals surface area contributed by atoms with Crippen molar-refractivity contribution in [1.29, 1.82) is 0 Å². The first kappa shape index (κ1) is 12.6. The molecule has 0 aliphatic rings. The first-order valence-electron chi connectivity index (χ1n) is 5.21. The van der Waals surface area contributed by atoms with E-state index < -0.39 is 0 Å². The van der Waals surface area contributed by atoms with Crippen molar-refractivity contribution >= 4 is 27.5 Å². The standard InChI is InChI=1S/C12H12BrClN2O/c1-16-10(6-7-17)11(13)15-12(16)8-2-4-9(14)5-3-8/h2-5,17H,6-7H2,1H3. The second kappa shape index (κ2) is 5.21.